The Morgan fingerprint density at radius 1 is 0.875 bits per heavy atom. The molecule has 0 amide bonds. The van der Waals surface area contributed by atoms with Crippen molar-refractivity contribution in [2.45, 2.75) is 66.2 Å². The molecule has 92 valence electrons. The van der Waals surface area contributed by atoms with Crippen LogP contribution in [0.1, 0.15) is 83.4 Å². The summed E-state index contributed by atoms with van der Waals surface area (Å²) in [4.78, 5) is 8.33. The van der Waals surface area contributed by atoms with E-state index in [-0.39, 0.29) is 0 Å². The number of hydrogen-bond donors (Lipinski definition) is 1. The summed E-state index contributed by atoms with van der Waals surface area (Å²) < 4.78 is 0. The Labute approximate surface area is 99.9 Å². The van der Waals surface area contributed by atoms with E-state index >= 15 is 0 Å². The number of nitrogens with one attached hydrogen (secondary N) is 1. The number of imidazole rings is 1. The molecule has 1 unspecified atom stereocenters. The fraction of sp³-hybridized carbons (Fsp3) is 0.786. The van der Waals surface area contributed by atoms with Crippen LogP contribution in [0.4, 0.5) is 0 Å². The van der Waals surface area contributed by atoms with Crippen LogP contribution in [0.5, 0.6) is 0 Å². The van der Waals surface area contributed by atoms with Crippen molar-refractivity contribution in [3.8, 4) is 0 Å². The summed E-state index contributed by atoms with van der Waals surface area (Å²) in [5.41, 5.74) is 2.56. The van der Waals surface area contributed by atoms with Gasteiger partial charge >= 0.3 is 0 Å². The van der Waals surface area contributed by atoms with Crippen LogP contribution in [0.25, 0.3) is 0 Å². The molecule has 0 aromatic carbocycles. The van der Waals surface area contributed by atoms with Crippen molar-refractivity contribution in [1.29, 1.82) is 0 Å². The maximum atomic E-state index is 4.80. The Bertz CT molecular complexity index is 309. The lowest BCUT2D eigenvalue weighted by Crippen LogP contribution is -2.04. The molecule has 0 fully saturated rings. The third kappa shape index (κ3) is 2.66. The van der Waals surface area contributed by atoms with Gasteiger partial charge in [0, 0.05) is 11.6 Å². The third-order valence-electron chi connectivity index (χ3n) is 3.34. The highest BCUT2D eigenvalue weighted by atomic mass is 15.0. The lowest BCUT2D eigenvalue weighted by molar-refractivity contribution is 0.512. The Balaban J connectivity index is 3.11. The summed E-state index contributed by atoms with van der Waals surface area (Å²) in [5.74, 6) is 3.32. The average Bonchev–Trinajstić information content (AvgIpc) is 2.60. The second kappa shape index (κ2) is 5.03. The van der Waals surface area contributed by atoms with E-state index in [9.17, 15) is 0 Å². The van der Waals surface area contributed by atoms with E-state index in [0.717, 1.165) is 5.82 Å². The molecule has 0 aliphatic carbocycles. The van der Waals surface area contributed by atoms with E-state index in [2.05, 4.69) is 53.5 Å². The van der Waals surface area contributed by atoms with Gasteiger partial charge in [0.05, 0.1) is 5.69 Å². The first kappa shape index (κ1) is 13.3. The van der Waals surface area contributed by atoms with Crippen LogP contribution < -0.4 is 0 Å². The molecule has 1 atom stereocenters. The summed E-state index contributed by atoms with van der Waals surface area (Å²) in [6.07, 6.45) is 0. The molecule has 0 spiro atoms. The second-order valence-corrected chi connectivity index (χ2v) is 5.76. The van der Waals surface area contributed by atoms with Gasteiger partial charge in [-0.15, -0.1) is 0 Å². The minimum Gasteiger partial charge on any atom is -0.345 e. The number of hydrogen-bond acceptors (Lipinski definition) is 1. The standard InChI is InChI=1S/C14H26N2/c1-8(2)11(7)14-15-12(9(3)4)13(16-14)10(5)6/h8-11H,1-7H3,(H,15,16). The summed E-state index contributed by atoms with van der Waals surface area (Å²) in [5, 5.41) is 0. The molecule has 2 heteroatoms. The van der Waals surface area contributed by atoms with Crippen LogP contribution in [0, 0.1) is 5.92 Å². The van der Waals surface area contributed by atoms with Crippen molar-refractivity contribution in [2.24, 2.45) is 5.92 Å². The zero-order chi connectivity index (χ0) is 12.5. The predicted octanol–water partition coefficient (Wildman–Crippen LogP) is 4.42. The topological polar surface area (TPSA) is 28.7 Å². The van der Waals surface area contributed by atoms with Crippen molar-refractivity contribution in [1.82, 2.24) is 9.97 Å². The smallest absolute Gasteiger partial charge is 0.109 e. The quantitative estimate of drug-likeness (QED) is 0.803. The average molecular weight is 222 g/mol. The second-order valence-electron chi connectivity index (χ2n) is 5.76. The molecule has 2 nitrogen and oxygen atoms in total. The van der Waals surface area contributed by atoms with Crippen LogP contribution in [0.2, 0.25) is 0 Å². The minimum atomic E-state index is 0.502. The molecule has 0 saturated heterocycles. The Hall–Kier alpha value is -0.790. The Morgan fingerprint density at radius 3 is 1.75 bits per heavy atom. The van der Waals surface area contributed by atoms with Gasteiger partial charge in [-0.3, -0.25) is 0 Å². The van der Waals surface area contributed by atoms with Gasteiger partial charge in [0.15, 0.2) is 0 Å². The van der Waals surface area contributed by atoms with Gasteiger partial charge in [-0.1, -0.05) is 48.5 Å². The molecule has 1 aromatic heterocycles. The molecule has 1 N–H and O–H groups in total. The Morgan fingerprint density at radius 2 is 1.44 bits per heavy atom. The monoisotopic (exact) mass is 222 g/mol. The molecular weight excluding hydrogens is 196 g/mol. The highest BCUT2D eigenvalue weighted by Crippen LogP contribution is 2.28. The van der Waals surface area contributed by atoms with Crippen molar-refractivity contribution >= 4 is 0 Å². The van der Waals surface area contributed by atoms with E-state index in [1.54, 1.807) is 0 Å². The summed E-state index contributed by atoms with van der Waals surface area (Å²) in [7, 11) is 0. The van der Waals surface area contributed by atoms with Gasteiger partial charge in [0.25, 0.3) is 0 Å². The first-order valence-corrected chi connectivity index (χ1v) is 6.44. The maximum Gasteiger partial charge on any atom is 0.109 e. The lowest BCUT2D eigenvalue weighted by atomic mass is 9.98. The van der Waals surface area contributed by atoms with Gasteiger partial charge in [0.2, 0.25) is 0 Å². The van der Waals surface area contributed by atoms with E-state index in [1.807, 2.05) is 0 Å². The summed E-state index contributed by atoms with van der Waals surface area (Å²) in [6.45, 7) is 15.6. The third-order valence-corrected chi connectivity index (χ3v) is 3.34. The largest absolute Gasteiger partial charge is 0.345 e. The van der Waals surface area contributed by atoms with Crippen molar-refractivity contribution in [3.63, 3.8) is 0 Å². The molecule has 0 saturated carbocycles. The van der Waals surface area contributed by atoms with E-state index < -0.39 is 0 Å². The highest BCUT2D eigenvalue weighted by Gasteiger charge is 2.20. The zero-order valence-electron chi connectivity index (χ0n) is 11.8. The molecule has 16 heavy (non-hydrogen) atoms. The minimum absolute atomic E-state index is 0.502. The van der Waals surface area contributed by atoms with Crippen molar-refractivity contribution in [2.75, 3.05) is 0 Å². The Kier molecular flexibility index (Phi) is 4.17. The highest BCUT2D eigenvalue weighted by molar-refractivity contribution is 5.22. The molecule has 1 aromatic rings. The van der Waals surface area contributed by atoms with Crippen molar-refractivity contribution in [3.05, 3.63) is 17.2 Å². The lowest BCUT2D eigenvalue weighted by Gasteiger charge is -2.12. The van der Waals surface area contributed by atoms with Crippen LogP contribution in [0.15, 0.2) is 0 Å². The van der Waals surface area contributed by atoms with Crippen LogP contribution in [0.3, 0.4) is 0 Å². The van der Waals surface area contributed by atoms with Crippen molar-refractivity contribution < 1.29 is 0 Å². The van der Waals surface area contributed by atoms with Gasteiger partial charge in [-0.2, -0.15) is 0 Å². The summed E-state index contributed by atoms with van der Waals surface area (Å²) >= 11 is 0. The first-order valence-electron chi connectivity index (χ1n) is 6.44. The van der Waals surface area contributed by atoms with Gasteiger partial charge in [-0.05, 0) is 17.8 Å². The molecule has 0 bridgehead atoms. The number of H-pyrrole nitrogens is 1. The first-order chi connectivity index (χ1) is 7.34. The number of rotatable bonds is 4. The molecule has 0 aliphatic rings. The van der Waals surface area contributed by atoms with E-state index in [1.165, 1.54) is 11.4 Å². The molecular formula is C14H26N2. The van der Waals surface area contributed by atoms with Gasteiger partial charge in [-0.25, -0.2) is 4.98 Å². The van der Waals surface area contributed by atoms with Gasteiger partial charge < -0.3 is 4.98 Å². The van der Waals surface area contributed by atoms with E-state index in [0.29, 0.717) is 23.7 Å². The van der Waals surface area contributed by atoms with Gasteiger partial charge in [0.1, 0.15) is 5.82 Å². The van der Waals surface area contributed by atoms with Crippen LogP contribution in [-0.2, 0) is 0 Å². The molecule has 0 radical (unpaired) electrons. The normalized spacial score (nSPS) is 14.1. The molecule has 1 rings (SSSR count). The molecule has 1 heterocycles. The zero-order valence-corrected chi connectivity index (χ0v) is 11.8. The number of aromatic nitrogens is 2. The fourth-order valence-electron chi connectivity index (χ4n) is 1.83. The SMILES string of the molecule is CC(C)c1nc(C(C)C(C)C)[nH]c1C(C)C. The van der Waals surface area contributed by atoms with Crippen LogP contribution in [-0.4, -0.2) is 9.97 Å². The predicted molar refractivity (Wildman–Crippen MR) is 70.0 cm³/mol. The number of aromatic amines is 1. The fourth-order valence-corrected chi connectivity index (χ4v) is 1.83. The van der Waals surface area contributed by atoms with Crippen LogP contribution >= 0.6 is 0 Å². The number of nitrogens with zero attached hydrogens (tertiary/aromatic N) is 1. The maximum absolute atomic E-state index is 4.80. The summed E-state index contributed by atoms with van der Waals surface area (Å²) in [6, 6.07) is 0. The van der Waals surface area contributed by atoms with E-state index in [4.69, 9.17) is 4.98 Å². The molecule has 0 aliphatic heterocycles.